The van der Waals surface area contributed by atoms with Crippen LogP contribution in [0.5, 0.6) is 5.75 Å². The molecule has 0 bridgehead atoms. The van der Waals surface area contributed by atoms with Crippen molar-refractivity contribution < 1.29 is 4.74 Å². The van der Waals surface area contributed by atoms with Crippen LogP contribution in [-0.2, 0) is 6.42 Å². The largest absolute Gasteiger partial charge is 0.496 e. The minimum atomic E-state index is 0.0119. The second-order valence-corrected chi connectivity index (χ2v) is 5.12. The maximum atomic E-state index is 6.00. The van der Waals surface area contributed by atoms with Crippen LogP contribution in [-0.4, -0.2) is 12.4 Å². The summed E-state index contributed by atoms with van der Waals surface area (Å²) in [7, 11) is 1.67. The zero-order valence-corrected chi connectivity index (χ0v) is 11.9. The Morgan fingerprint density at radius 3 is 2.75 bits per heavy atom. The summed E-state index contributed by atoms with van der Waals surface area (Å²) >= 11 is 9.51. The number of benzene rings is 1. The van der Waals surface area contributed by atoms with Gasteiger partial charge in [0.1, 0.15) is 5.75 Å². The zero-order chi connectivity index (χ0) is 12.2. The summed E-state index contributed by atoms with van der Waals surface area (Å²) in [4.78, 5) is 0. The molecule has 1 aromatic carbocycles. The molecule has 0 heterocycles. The molecule has 1 nitrogen and oxygen atoms in total. The van der Waals surface area contributed by atoms with Crippen molar-refractivity contribution in [3.05, 3.63) is 41.4 Å². The van der Waals surface area contributed by atoms with E-state index in [-0.39, 0.29) is 5.41 Å². The van der Waals surface area contributed by atoms with Gasteiger partial charge in [-0.05, 0) is 35.6 Å². The van der Waals surface area contributed by atoms with Gasteiger partial charge in [0.15, 0.2) is 0 Å². The van der Waals surface area contributed by atoms with Crippen molar-refractivity contribution in [1.29, 1.82) is 0 Å². The van der Waals surface area contributed by atoms with Crippen molar-refractivity contribution in [2.24, 2.45) is 5.41 Å². The lowest BCUT2D eigenvalue weighted by molar-refractivity contribution is 0.399. The first-order valence-corrected chi connectivity index (χ1v) is 6.56. The average Bonchev–Trinajstić information content (AvgIpc) is 2.29. The third-order valence-electron chi connectivity index (χ3n) is 2.63. The van der Waals surface area contributed by atoms with Gasteiger partial charge in [0, 0.05) is 10.4 Å². The van der Waals surface area contributed by atoms with E-state index in [0.29, 0.717) is 0 Å². The quantitative estimate of drug-likeness (QED) is 0.576. The Hall–Kier alpha value is -0.470. The molecule has 1 aromatic rings. The Morgan fingerprint density at radius 2 is 2.25 bits per heavy atom. The maximum Gasteiger partial charge on any atom is 0.122 e. The SMILES string of the molecule is C=CC(C)(CBr)Cc1cc(Cl)ccc1OC. The summed E-state index contributed by atoms with van der Waals surface area (Å²) in [5.74, 6) is 0.874. The summed E-state index contributed by atoms with van der Waals surface area (Å²) in [6, 6.07) is 5.68. The Kier molecular flexibility index (Phi) is 4.88. The molecule has 1 rings (SSSR count). The maximum absolute atomic E-state index is 6.00. The van der Waals surface area contributed by atoms with E-state index in [4.69, 9.17) is 16.3 Å². The van der Waals surface area contributed by atoms with Gasteiger partial charge in [-0.1, -0.05) is 40.5 Å². The number of hydrogen-bond donors (Lipinski definition) is 0. The van der Waals surface area contributed by atoms with Crippen LogP contribution in [0.4, 0.5) is 0 Å². The van der Waals surface area contributed by atoms with Gasteiger partial charge in [0.25, 0.3) is 0 Å². The van der Waals surface area contributed by atoms with Gasteiger partial charge in [-0.15, -0.1) is 6.58 Å². The smallest absolute Gasteiger partial charge is 0.122 e. The summed E-state index contributed by atoms with van der Waals surface area (Å²) in [5.41, 5.74) is 1.12. The van der Waals surface area contributed by atoms with E-state index < -0.39 is 0 Å². The molecule has 0 aromatic heterocycles. The lowest BCUT2D eigenvalue weighted by Crippen LogP contribution is -2.18. The highest BCUT2D eigenvalue weighted by Crippen LogP contribution is 2.32. The van der Waals surface area contributed by atoms with Crippen molar-refractivity contribution in [3.8, 4) is 5.75 Å². The molecular formula is C13H16BrClO. The van der Waals surface area contributed by atoms with E-state index in [1.54, 1.807) is 7.11 Å². The summed E-state index contributed by atoms with van der Waals surface area (Å²) in [6.45, 7) is 6.02. The second-order valence-electron chi connectivity index (χ2n) is 4.12. The molecule has 0 N–H and O–H groups in total. The predicted molar refractivity (Wildman–Crippen MR) is 73.8 cm³/mol. The van der Waals surface area contributed by atoms with E-state index >= 15 is 0 Å². The van der Waals surface area contributed by atoms with E-state index in [1.165, 1.54) is 0 Å². The average molecular weight is 304 g/mol. The molecule has 0 fully saturated rings. The summed E-state index contributed by atoms with van der Waals surface area (Å²) in [5, 5.41) is 1.59. The van der Waals surface area contributed by atoms with Crippen LogP contribution < -0.4 is 4.74 Å². The predicted octanol–water partition coefficient (Wildman–Crippen LogP) is 4.48. The van der Waals surface area contributed by atoms with Crippen LogP contribution in [0.1, 0.15) is 12.5 Å². The molecule has 0 aliphatic carbocycles. The number of hydrogen-bond acceptors (Lipinski definition) is 1. The second kappa shape index (κ2) is 5.74. The van der Waals surface area contributed by atoms with Crippen LogP contribution in [0.15, 0.2) is 30.9 Å². The highest BCUT2D eigenvalue weighted by molar-refractivity contribution is 9.09. The number of rotatable bonds is 5. The molecule has 88 valence electrons. The molecule has 1 unspecified atom stereocenters. The number of ether oxygens (including phenoxy) is 1. The van der Waals surface area contributed by atoms with Crippen LogP contribution >= 0.6 is 27.5 Å². The molecule has 16 heavy (non-hydrogen) atoms. The summed E-state index contributed by atoms with van der Waals surface area (Å²) < 4.78 is 5.33. The van der Waals surface area contributed by atoms with E-state index in [9.17, 15) is 0 Å². The van der Waals surface area contributed by atoms with Crippen LogP contribution in [0.25, 0.3) is 0 Å². The number of methoxy groups -OCH3 is 1. The summed E-state index contributed by atoms with van der Waals surface area (Å²) in [6.07, 6.45) is 2.81. The fourth-order valence-electron chi connectivity index (χ4n) is 1.49. The lowest BCUT2D eigenvalue weighted by Gasteiger charge is -2.24. The lowest BCUT2D eigenvalue weighted by atomic mass is 9.85. The third kappa shape index (κ3) is 3.26. The highest BCUT2D eigenvalue weighted by Gasteiger charge is 2.21. The highest BCUT2D eigenvalue weighted by atomic mass is 79.9. The Balaban J connectivity index is 3.03. The van der Waals surface area contributed by atoms with Gasteiger partial charge in [0.2, 0.25) is 0 Å². The van der Waals surface area contributed by atoms with Crippen molar-refractivity contribution >= 4 is 27.5 Å². The molecule has 0 spiro atoms. The Labute approximate surface area is 111 Å². The first kappa shape index (κ1) is 13.6. The minimum Gasteiger partial charge on any atom is -0.496 e. The molecule has 3 heteroatoms. The van der Waals surface area contributed by atoms with E-state index in [2.05, 4.69) is 29.4 Å². The normalized spacial score (nSPS) is 14.2. The number of halogens is 2. The molecule has 0 saturated carbocycles. The standard InChI is InChI=1S/C13H16BrClO/c1-4-13(2,9-14)8-10-7-11(15)5-6-12(10)16-3/h4-7H,1,8-9H2,2-3H3. The third-order valence-corrected chi connectivity index (χ3v) is 4.15. The van der Waals surface area contributed by atoms with Gasteiger partial charge in [-0.2, -0.15) is 0 Å². The molecule has 0 aliphatic rings. The van der Waals surface area contributed by atoms with Gasteiger partial charge in [0.05, 0.1) is 7.11 Å². The van der Waals surface area contributed by atoms with Gasteiger partial charge in [-0.25, -0.2) is 0 Å². The van der Waals surface area contributed by atoms with Gasteiger partial charge in [-0.3, -0.25) is 0 Å². The Bertz CT molecular complexity index is 378. The van der Waals surface area contributed by atoms with Crippen LogP contribution in [0.3, 0.4) is 0 Å². The monoisotopic (exact) mass is 302 g/mol. The Morgan fingerprint density at radius 1 is 1.56 bits per heavy atom. The first-order chi connectivity index (χ1) is 7.54. The van der Waals surface area contributed by atoms with Crippen molar-refractivity contribution in [2.75, 3.05) is 12.4 Å². The molecular weight excluding hydrogens is 287 g/mol. The number of allylic oxidation sites excluding steroid dienone is 1. The fraction of sp³-hybridized carbons (Fsp3) is 0.385. The topological polar surface area (TPSA) is 9.23 Å². The van der Waals surface area contributed by atoms with Crippen LogP contribution in [0, 0.1) is 5.41 Å². The molecule has 0 aliphatic heterocycles. The van der Waals surface area contributed by atoms with Crippen molar-refractivity contribution in [2.45, 2.75) is 13.3 Å². The van der Waals surface area contributed by atoms with Gasteiger partial charge < -0.3 is 4.74 Å². The molecule has 0 saturated heterocycles. The molecule has 0 radical (unpaired) electrons. The minimum absolute atomic E-state index is 0.0119. The number of alkyl halides is 1. The molecule has 1 atom stereocenters. The first-order valence-electron chi connectivity index (χ1n) is 5.06. The zero-order valence-electron chi connectivity index (χ0n) is 9.59. The van der Waals surface area contributed by atoms with Crippen molar-refractivity contribution in [3.63, 3.8) is 0 Å². The van der Waals surface area contributed by atoms with E-state index in [0.717, 1.165) is 28.1 Å². The fourth-order valence-corrected chi connectivity index (χ4v) is 2.12. The van der Waals surface area contributed by atoms with Gasteiger partial charge >= 0.3 is 0 Å². The van der Waals surface area contributed by atoms with Crippen LogP contribution in [0.2, 0.25) is 5.02 Å². The van der Waals surface area contributed by atoms with E-state index in [1.807, 2.05) is 24.3 Å². The van der Waals surface area contributed by atoms with Crippen molar-refractivity contribution in [1.82, 2.24) is 0 Å². The molecule has 0 amide bonds.